The average Bonchev–Trinajstić information content (AvgIpc) is 3.06. The van der Waals surface area contributed by atoms with Crippen LogP contribution in [0.15, 0.2) is 4.99 Å². The zero-order valence-electron chi connectivity index (χ0n) is 16.8. The Balaban J connectivity index is 1.73. The average molecular weight is 337 g/mol. The third-order valence-corrected chi connectivity index (χ3v) is 5.38. The van der Waals surface area contributed by atoms with Crippen LogP contribution >= 0.6 is 0 Å². The van der Waals surface area contributed by atoms with E-state index in [1.165, 1.54) is 115 Å². The van der Waals surface area contributed by atoms with Gasteiger partial charge in [-0.1, -0.05) is 104 Å². The molecule has 1 aliphatic rings. The predicted molar refractivity (Wildman–Crippen MR) is 109 cm³/mol. The molecule has 0 saturated carbocycles. The number of hydrogen-bond acceptors (Lipinski definition) is 2. The Morgan fingerprint density at radius 2 is 1.12 bits per heavy atom. The molecule has 0 aromatic rings. The van der Waals surface area contributed by atoms with Crippen LogP contribution in [-0.4, -0.2) is 30.4 Å². The lowest BCUT2D eigenvalue weighted by Crippen LogP contribution is -2.28. The maximum absolute atomic E-state index is 4.57. The molecule has 24 heavy (non-hydrogen) atoms. The van der Waals surface area contributed by atoms with Crippen molar-refractivity contribution in [2.75, 3.05) is 19.6 Å². The molecule has 0 spiro atoms. The number of aliphatic imine (C=N–C) groups is 1. The van der Waals surface area contributed by atoms with E-state index >= 15 is 0 Å². The quantitative estimate of drug-likeness (QED) is 0.261. The molecule has 142 valence electrons. The number of nitrogens with zero attached hydrogens (tertiary/aromatic N) is 2. The van der Waals surface area contributed by atoms with E-state index in [1.807, 2.05) is 0 Å². The second kappa shape index (κ2) is 16.0. The van der Waals surface area contributed by atoms with E-state index in [-0.39, 0.29) is 0 Å². The molecule has 0 N–H and O–H groups in total. The Morgan fingerprint density at radius 3 is 1.58 bits per heavy atom. The minimum Gasteiger partial charge on any atom is -0.359 e. The molecule has 0 bridgehead atoms. The van der Waals surface area contributed by atoms with Crippen molar-refractivity contribution >= 4 is 5.84 Å². The first-order valence-electron chi connectivity index (χ1n) is 11.2. The Labute approximate surface area is 152 Å². The van der Waals surface area contributed by atoms with Gasteiger partial charge >= 0.3 is 0 Å². The lowest BCUT2D eigenvalue weighted by molar-refractivity contribution is 0.424. The van der Waals surface area contributed by atoms with Crippen molar-refractivity contribution in [2.45, 2.75) is 117 Å². The molecule has 2 nitrogen and oxygen atoms in total. The highest BCUT2D eigenvalue weighted by atomic mass is 15.2. The molecule has 0 aliphatic carbocycles. The number of hydrogen-bond donors (Lipinski definition) is 0. The molecule has 0 amide bonds. The van der Waals surface area contributed by atoms with Gasteiger partial charge in [0.2, 0.25) is 0 Å². The standard InChI is InChI=1S/C22H44N2/c1-3-5-6-7-8-9-10-11-12-13-14-15-16-17-18-20-24-21-19-23-22(24)4-2/h3-21H2,1-2H3. The Bertz CT molecular complexity index is 298. The van der Waals surface area contributed by atoms with Crippen molar-refractivity contribution in [3.8, 4) is 0 Å². The van der Waals surface area contributed by atoms with Gasteiger partial charge < -0.3 is 4.90 Å². The zero-order valence-corrected chi connectivity index (χ0v) is 16.8. The van der Waals surface area contributed by atoms with Crippen LogP contribution < -0.4 is 0 Å². The van der Waals surface area contributed by atoms with Crippen LogP contribution in [0.5, 0.6) is 0 Å². The van der Waals surface area contributed by atoms with Crippen LogP contribution in [-0.2, 0) is 0 Å². The highest BCUT2D eigenvalue weighted by molar-refractivity contribution is 5.83. The fourth-order valence-corrected chi connectivity index (χ4v) is 3.78. The lowest BCUT2D eigenvalue weighted by atomic mass is 10.0. The molecule has 0 fully saturated rings. The van der Waals surface area contributed by atoms with Crippen molar-refractivity contribution in [3.63, 3.8) is 0 Å². The van der Waals surface area contributed by atoms with E-state index < -0.39 is 0 Å². The molecule has 2 heteroatoms. The molecule has 0 radical (unpaired) electrons. The van der Waals surface area contributed by atoms with Crippen LogP contribution in [0.1, 0.15) is 117 Å². The SMILES string of the molecule is CCCCCCCCCCCCCCCCCN1CCN=C1CC. The van der Waals surface area contributed by atoms with Gasteiger partial charge in [0.05, 0.1) is 12.4 Å². The van der Waals surface area contributed by atoms with Crippen molar-refractivity contribution < 1.29 is 0 Å². The summed E-state index contributed by atoms with van der Waals surface area (Å²) in [5.74, 6) is 1.35. The Morgan fingerprint density at radius 1 is 0.667 bits per heavy atom. The maximum atomic E-state index is 4.57. The summed E-state index contributed by atoms with van der Waals surface area (Å²) in [4.78, 5) is 7.07. The van der Waals surface area contributed by atoms with Gasteiger partial charge in [-0.15, -0.1) is 0 Å². The topological polar surface area (TPSA) is 15.6 Å². The summed E-state index contributed by atoms with van der Waals surface area (Å²) in [6, 6.07) is 0. The molecule has 1 aliphatic heterocycles. The molecular weight excluding hydrogens is 292 g/mol. The molecule has 0 saturated heterocycles. The van der Waals surface area contributed by atoms with Gasteiger partial charge in [-0.2, -0.15) is 0 Å². The van der Waals surface area contributed by atoms with Crippen LogP contribution in [0.3, 0.4) is 0 Å². The molecule has 1 heterocycles. The molecule has 0 aromatic heterocycles. The van der Waals surface area contributed by atoms with Gasteiger partial charge in [-0.05, 0) is 6.42 Å². The first-order chi connectivity index (χ1) is 11.9. The van der Waals surface area contributed by atoms with E-state index in [0.717, 1.165) is 13.0 Å². The third-order valence-electron chi connectivity index (χ3n) is 5.38. The molecule has 0 atom stereocenters. The van der Waals surface area contributed by atoms with Crippen molar-refractivity contribution in [2.24, 2.45) is 4.99 Å². The predicted octanol–water partition coefficient (Wildman–Crippen LogP) is 6.98. The van der Waals surface area contributed by atoms with Gasteiger partial charge in [0.15, 0.2) is 0 Å². The summed E-state index contributed by atoms with van der Waals surface area (Å²) in [7, 11) is 0. The minimum absolute atomic E-state index is 1.03. The van der Waals surface area contributed by atoms with E-state index in [1.54, 1.807) is 0 Å². The van der Waals surface area contributed by atoms with Crippen molar-refractivity contribution in [3.05, 3.63) is 0 Å². The molecule has 0 aromatic carbocycles. The monoisotopic (exact) mass is 336 g/mol. The minimum atomic E-state index is 1.03. The Hall–Kier alpha value is -0.530. The van der Waals surface area contributed by atoms with Gasteiger partial charge in [-0.3, -0.25) is 4.99 Å². The fourth-order valence-electron chi connectivity index (χ4n) is 3.78. The van der Waals surface area contributed by atoms with E-state index in [0.29, 0.717) is 0 Å². The van der Waals surface area contributed by atoms with Crippen molar-refractivity contribution in [1.29, 1.82) is 0 Å². The van der Waals surface area contributed by atoms with E-state index in [9.17, 15) is 0 Å². The van der Waals surface area contributed by atoms with Crippen LogP contribution in [0, 0.1) is 0 Å². The van der Waals surface area contributed by atoms with Gasteiger partial charge in [0.1, 0.15) is 0 Å². The number of amidine groups is 1. The molecule has 0 unspecified atom stereocenters. The van der Waals surface area contributed by atoms with Crippen LogP contribution in [0.2, 0.25) is 0 Å². The van der Waals surface area contributed by atoms with Gasteiger partial charge in [0.25, 0.3) is 0 Å². The van der Waals surface area contributed by atoms with Gasteiger partial charge in [-0.25, -0.2) is 0 Å². The molecule has 1 rings (SSSR count). The van der Waals surface area contributed by atoms with Crippen molar-refractivity contribution in [1.82, 2.24) is 4.90 Å². The summed E-state index contributed by atoms with van der Waals surface area (Å²) in [6.07, 6.45) is 22.8. The largest absolute Gasteiger partial charge is 0.359 e. The first-order valence-corrected chi connectivity index (χ1v) is 11.2. The smallest absolute Gasteiger partial charge is 0.0987 e. The third kappa shape index (κ3) is 11.1. The first kappa shape index (κ1) is 21.5. The highest BCUT2D eigenvalue weighted by Crippen LogP contribution is 2.14. The normalized spacial score (nSPS) is 14.4. The van der Waals surface area contributed by atoms with Crippen LogP contribution in [0.25, 0.3) is 0 Å². The summed E-state index contributed by atoms with van der Waals surface area (Å²) in [6.45, 7) is 7.96. The van der Waals surface area contributed by atoms with Gasteiger partial charge in [0, 0.05) is 19.5 Å². The van der Waals surface area contributed by atoms with E-state index in [4.69, 9.17) is 0 Å². The Kier molecular flexibility index (Phi) is 14.3. The summed E-state index contributed by atoms with van der Waals surface area (Å²) >= 11 is 0. The van der Waals surface area contributed by atoms with E-state index in [2.05, 4.69) is 23.7 Å². The maximum Gasteiger partial charge on any atom is 0.0987 e. The number of unbranched alkanes of at least 4 members (excludes halogenated alkanes) is 14. The summed E-state index contributed by atoms with van der Waals surface area (Å²) < 4.78 is 0. The number of rotatable bonds is 17. The summed E-state index contributed by atoms with van der Waals surface area (Å²) in [5, 5.41) is 0. The zero-order chi connectivity index (χ0) is 17.3. The second-order valence-electron chi connectivity index (χ2n) is 7.59. The highest BCUT2D eigenvalue weighted by Gasteiger charge is 2.13. The van der Waals surface area contributed by atoms with Crippen LogP contribution in [0.4, 0.5) is 0 Å². The summed E-state index contributed by atoms with van der Waals surface area (Å²) in [5.41, 5.74) is 0. The molecular formula is C22H44N2. The lowest BCUT2D eigenvalue weighted by Gasteiger charge is -2.19. The fraction of sp³-hybridized carbons (Fsp3) is 0.955. The second-order valence-corrected chi connectivity index (χ2v) is 7.59.